The minimum absolute atomic E-state index is 0.128. The van der Waals surface area contributed by atoms with E-state index >= 15 is 0 Å². The SMILES string of the molecule is Cc1cc(-c2cc3nc(Cl)nc(N4CCOCC4)c3o2)n(C(=O)OC(C)(C)C)n1. The molecule has 0 bridgehead atoms. The molecule has 0 amide bonds. The summed E-state index contributed by atoms with van der Waals surface area (Å²) in [6.07, 6.45) is -0.585. The van der Waals surface area contributed by atoms with Crippen LogP contribution >= 0.6 is 11.6 Å². The van der Waals surface area contributed by atoms with E-state index in [0.29, 0.717) is 60.4 Å². The van der Waals surface area contributed by atoms with Crippen LogP contribution in [-0.2, 0) is 9.47 Å². The quantitative estimate of drug-likeness (QED) is 0.580. The molecule has 0 atom stereocenters. The van der Waals surface area contributed by atoms with Gasteiger partial charge in [-0.2, -0.15) is 14.8 Å². The molecular weight excluding hydrogens is 398 g/mol. The summed E-state index contributed by atoms with van der Waals surface area (Å²) >= 11 is 6.14. The van der Waals surface area contributed by atoms with Gasteiger partial charge in [0.2, 0.25) is 5.28 Å². The molecule has 0 saturated carbocycles. The maximum atomic E-state index is 12.6. The molecule has 10 heteroatoms. The van der Waals surface area contributed by atoms with Gasteiger partial charge in [-0.3, -0.25) is 0 Å². The van der Waals surface area contributed by atoms with Gasteiger partial charge in [-0.05, 0) is 45.4 Å². The molecule has 1 saturated heterocycles. The summed E-state index contributed by atoms with van der Waals surface area (Å²) < 4.78 is 18.2. The summed E-state index contributed by atoms with van der Waals surface area (Å²) in [4.78, 5) is 23.3. The average Bonchev–Trinajstić information content (AvgIpc) is 3.23. The zero-order valence-corrected chi connectivity index (χ0v) is 17.5. The largest absolute Gasteiger partial charge is 0.449 e. The lowest BCUT2D eigenvalue weighted by Crippen LogP contribution is -2.36. The monoisotopic (exact) mass is 419 g/mol. The topological polar surface area (TPSA) is 95.5 Å². The molecule has 3 aromatic heterocycles. The first-order valence-corrected chi connectivity index (χ1v) is 9.69. The third-order valence-electron chi connectivity index (χ3n) is 4.29. The van der Waals surface area contributed by atoms with Crippen LogP contribution in [0, 0.1) is 6.92 Å². The average molecular weight is 420 g/mol. The Hall–Kier alpha value is -2.65. The second kappa shape index (κ2) is 7.31. The van der Waals surface area contributed by atoms with Crippen molar-refractivity contribution in [3.63, 3.8) is 0 Å². The molecule has 1 aliphatic rings. The number of rotatable bonds is 2. The molecule has 29 heavy (non-hydrogen) atoms. The van der Waals surface area contributed by atoms with Crippen LogP contribution in [0.4, 0.5) is 10.6 Å². The summed E-state index contributed by atoms with van der Waals surface area (Å²) in [5, 5.41) is 4.39. The van der Waals surface area contributed by atoms with Crippen LogP contribution in [-0.4, -0.2) is 57.7 Å². The first-order valence-electron chi connectivity index (χ1n) is 9.31. The van der Waals surface area contributed by atoms with Gasteiger partial charge in [0.1, 0.15) is 16.8 Å². The van der Waals surface area contributed by atoms with E-state index in [4.69, 9.17) is 25.5 Å². The second-order valence-electron chi connectivity index (χ2n) is 7.80. The molecular formula is C19H22ClN5O4. The third-order valence-corrected chi connectivity index (χ3v) is 4.46. The van der Waals surface area contributed by atoms with E-state index in [9.17, 15) is 4.79 Å². The predicted molar refractivity (Wildman–Crippen MR) is 107 cm³/mol. The fourth-order valence-corrected chi connectivity index (χ4v) is 3.29. The number of fused-ring (bicyclic) bond motifs is 1. The minimum Gasteiger partial charge on any atom is -0.449 e. The van der Waals surface area contributed by atoms with Crippen LogP contribution in [0.15, 0.2) is 16.5 Å². The Morgan fingerprint density at radius 3 is 2.62 bits per heavy atom. The van der Waals surface area contributed by atoms with Crippen molar-refractivity contribution in [2.24, 2.45) is 0 Å². The number of aromatic nitrogens is 4. The highest BCUT2D eigenvalue weighted by atomic mass is 35.5. The van der Waals surface area contributed by atoms with Crippen molar-refractivity contribution in [1.82, 2.24) is 19.7 Å². The van der Waals surface area contributed by atoms with E-state index in [0.717, 1.165) is 0 Å². The number of halogens is 1. The van der Waals surface area contributed by atoms with Crippen molar-refractivity contribution < 1.29 is 18.7 Å². The first kappa shape index (κ1) is 19.7. The van der Waals surface area contributed by atoms with Crippen LogP contribution in [0.5, 0.6) is 0 Å². The molecule has 0 unspecified atom stereocenters. The number of hydrogen-bond acceptors (Lipinski definition) is 8. The number of morpholine rings is 1. The Morgan fingerprint density at radius 2 is 1.93 bits per heavy atom. The zero-order valence-electron chi connectivity index (χ0n) is 16.7. The number of ether oxygens (including phenoxy) is 2. The van der Waals surface area contributed by atoms with Crippen molar-refractivity contribution in [1.29, 1.82) is 0 Å². The number of aryl methyl sites for hydroxylation is 1. The smallest absolute Gasteiger partial charge is 0.435 e. The Morgan fingerprint density at radius 1 is 1.21 bits per heavy atom. The van der Waals surface area contributed by atoms with Gasteiger partial charge in [0.15, 0.2) is 17.2 Å². The Balaban J connectivity index is 1.79. The molecule has 154 valence electrons. The van der Waals surface area contributed by atoms with E-state index < -0.39 is 11.7 Å². The number of anilines is 1. The molecule has 4 heterocycles. The van der Waals surface area contributed by atoms with E-state index in [1.165, 1.54) is 4.68 Å². The predicted octanol–water partition coefficient (Wildman–Crippen LogP) is 3.67. The van der Waals surface area contributed by atoms with Gasteiger partial charge in [-0.1, -0.05) is 0 Å². The van der Waals surface area contributed by atoms with Crippen LogP contribution in [0.2, 0.25) is 5.28 Å². The molecule has 0 aromatic carbocycles. The van der Waals surface area contributed by atoms with Gasteiger partial charge in [-0.15, -0.1) is 0 Å². The Kier molecular flexibility index (Phi) is 4.95. The van der Waals surface area contributed by atoms with Gasteiger partial charge in [0.25, 0.3) is 0 Å². The lowest BCUT2D eigenvalue weighted by molar-refractivity contribution is 0.0516. The highest BCUT2D eigenvalue weighted by molar-refractivity contribution is 6.28. The zero-order chi connectivity index (χ0) is 20.8. The number of nitrogens with zero attached hydrogens (tertiary/aromatic N) is 5. The van der Waals surface area contributed by atoms with Crippen LogP contribution < -0.4 is 4.90 Å². The maximum Gasteiger partial charge on any atom is 0.435 e. The standard InChI is InChI=1S/C19H22ClN5O4/c1-11-9-13(25(23-11)18(26)29-19(2,3)4)14-10-12-15(28-14)16(22-17(20)21-12)24-5-7-27-8-6-24/h9-10H,5-8H2,1-4H3. The first-order chi connectivity index (χ1) is 13.7. The summed E-state index contributed by atoms with van der Waals surface area (Å²) in [5.74, 6) is 1.03. The third kappa shape index (κ3) is 4.06. The molecule has 0 N–H and O–H groups in total. The highest BCUT2D eigenvalue weighted by Crippen LogP contribution is 2.33. The lowest BCUT2D eigenvalue weighted by atomic mass is 10.2. The number of carbonyl (C=O) groups excluding carboxylic acids is 1. The van der Waals surface area contributed by atoms with Crippen molar-refractivity contribution in [3.05, 3.63) is 23.1 Å². The van der Waals surface area contributed by atoms with Gasteiger partial charge in [0.05, 0.1) is 18.9 Å². The Bertz CT molecular complexity index is 1060. The van der Waals surface area contributed by atoms with Crippen molar-refractivity contribution >= 4 is 34.6 Å². The second-order valence-corrected chi connectivity index (χ2v) is 8.14. The maximum absolute atomic E-state index is 12.6. The molecule has 0 radical (unpaired) electrons. The summed E-state index contributed by atoms with van der Waals surface area (Å²) in [7, 11) is 0. The van der Waals surface area contributed by atoms with Gasteiger partial charge < -0.3 is 18.8 Å². The summed E-state index contributed by atoms with van der Waals surface area (Å²) in [6.45, 7) is 9.74. The van der Waals surface area contributed by atoms with E-state index in [1.807, 2.05) is 4.90 Å². The molecule has 0 spiro atoms. The van der Waals surface area contributed by atoms with Crippen molar-refractivity contribution in [2.45, 2.75) is 33.3 Å². The van der Waals surface area contributed by atoms with Gasteiger partial charge in [-0.25, -0.2) is 9.78 Å². The van der Waals surface area contributed by atoms with Crippen molar-refractivity contribution in [3.8, 4) is 11.5 Å². The van der Waals surface area contributed by atoms with Crippen LogP contribution in [0.1, 0.15) is 26.5 Å². The fraction of sp³-hybridized carbons (Fsp3) is 0.474. The Labute approximate surface area is 172 Å². The normalized spacial score (nSPS) is 15.1. The summed E-state index contributed by atoms with van der Waals surface area (Å²) in [5.41, 5.74) is 1.53. The van der Waals surface area contributed by atoms with Crippen LogP contribution in [0.25, 0.3) is 22.6 Å². The molecule has 1 fully saturated rings. The minimum atomic E-state index is -0.648. The summed E-state index contributed by atoms with van der Waals surface area (Å²) in [6, 6.07) is 3.48. The number of furan rings is 1. The van der Waals surface area contributed by atoms with Gasteiger partial charge in [0, 0.05) is 19.2 Å². The molecule has 3 aromatic rings. The molecule has 9 nitrogen and oxygen atoms in total. The molecule has 0 aliphatic carbocycles. The van der Waals surface area contributed by atoms with E-state index in [-0.39, 0.29) is 5.28 Å². The van der Waals surface area contributed by atoms with Crippen molar-refractivity contribution in [2.75, 3.05) is 31.2 Å². The number of carbonyl (C=O) groups is 1. The molecule has 4 rings (SSSR count). The van der Waals surface area contributed by atoms with Gasteiger partial charge >= 0.3 is 6.09 Å². The lowest BCUT2D eigenvalue weighted by Gasteiger charge is -2.27. The highest BCUT2D eigenvalue weighted by Gasteiger charge is 2.25. The van der Waals surface area contributed by atoms with Crippen LogP contribution in [0.3, 0.4) is 0 Å². The molecule has 1 aliphatic heterocycles. The van der Waals surface area contributed by atoms with E-state index in [2.05, 4.69) is 15.1 Å². The fourth-order valence-electron chi connectivity index (χ4n) is 3.12. The number of hydrogen-bond donors (Lipinski definition) is 0. The van der Waals surface area contributed by atoms with E-state index in [1.54, 1.807) is 39.8 Å².